The van der Waals surface area contributed by atoms with E-state index in [1.807, 2.05) is 12.1 Å². The summed E-state index contributed by atoms with van der Waals surface area (Å²) < 4.78 is 0. The summed E-state index contributed by atoms with van der Waals surface area (Å²) >= 11 is 6.12. The Morgan fingerprint density at radius 2 is 1.82 bits per heavy atom. The average molecular weight is 255 g/mol. The minimum absolute atomic E-state index is 0.162. The zero-order valence-corrected chi connectivity index (χ0v) is 11.1. The molecule has 1 N–H and O–H groups in total. The minimum atomic E-state index is 0.162. The average Bonchev–Trinajstić information content (AvgIpc) is 2.33. The van der Waals surface area contributed by atoms with Crippen LogP contribution in [0.15, 0.2) is 18.2 Å². The number of piperazine rings is 1. The molecule has 0 atom stereocenters. The van der Waals surface area contributed by atoms with Crippen molar-refractivity contribution in [3.63, 3.8) is 0 Å². The zero-order valence-electron chi connectivity index (χ0n) is 10.4. The van der Waals surface area contributed by atoms with Crippen LogP contribution >= 0.6 is 11.6 Å². The molecule has 1 aliphatic heterocycles. The normalized spacial score (nSPS) is 17.8. The van der Waals surface area contributed by atoms with Crippen molar-refractivity contribution < 1.29 is 5.11 Å². The number of hydrogen-bond acceptors (Lipinski definition) is 3. The van der Waals surface area contributed by atoms with Gasteiger partial charge in [-0.25, -0.2) is 0 Å². The molecule has 0 unspecified atom stereocenters. The Morgan fingerprint density at radius 3 is 2.41 bits per heavy atom. The van der Waals surface area contributed by atoms with Gasteiger partial charge in [0.1, 0.15) is 10.8 Å². The molecule has 1 aromatic carbocycles. The van der Waals surface area contributed by atoms with E-state index < -0.39 is 0 Å². The molecule has 94 valence electrons. The van der Waals surface area contributed by atoms with Gasteiger partial charge in [0.25, 0.3) is 0 Å². The van der Waals surface area contributed by atoms with E-state index in [4.69, 9.17) is 11.6 Å². The molecule has 0 spiro atoms. The highest BCUT2D eigenvalue weighted by atomic mass is 35.5. The first-order chi connectivity index (χ1) is 8.09. The van der Waals surface area contributed by atoms with Crippen molar-refractivity contribution in [3.8, 4) is 5.75 Å². The molecule has 0 saturated carbocycles. The quantitative estimate of drug-likeness (QED) is 0.879. The van der Waals surface area contributed by atoms with Crippen molar-refractivity contribution in [1.82, 2.24) is 4.90 Å². The highest BCUT2D eigenvalue weighted by Crippen LogP contribution is 2.33. The van der Waals surface area contributed by atoms with Crippen LogP contribution < -0.4 is 4.90 Å². The van der Waals surface area contributed by atoms with Crippen LogP contribution in [0.2, 0.25) is 5.02 Å². The van der Waals surface area contributed by atoms with Crippen LogP contribution in [-0.4, -0.2) is 42.2 Å². The maximum atomic E-state index is 9.60. The van der Waals surface area contributed by atoms with E-state index in [1.165, 1.54) is 0 Å². The molecule has 2 rings (SSSR count). The van der Waals surface area contributed by atoms with Crippen molar-refractivity contribution in [3.05, 3.63) is 23.2 Å². The molecule has 0 aromatic heterocycles. The van der Waals surface area contributed by atoms with Crippen molar-refractivity contribution >= 4 is 17.3 Å². The Labute approximate surface area is 108 Å². The number of benzene rings is 1. The summed E-state index contributed by atoms with van der Waals surface area (Å²) in [5.74, 6) is 0.162. The second kappa shape index (κ2) is 5.15. The fourth-order valence-electron chi connectivity index (χ4n) is 2.23. The number of halogens is 1. The minimum Gasteiger partial charge on any atom is -0.506 e. The molecule has 0 bridgehead atoms. The van der Waals surface area contributed by atoms with Gasteiger partial charge >= 0.3 is 0 Å². The Bertz CT molecular complexity index is 387. The maximum absolute atomic E-state index is 9.60. The number of anilines is 1. The number of rotatable bonds is 2. The van der Waals surface area contributed by atoms with Crippen LogP contribution in [0.5, 0.6) is 5.75 Å². The second-order valence-electron chi connectivity index (χ2n) is 4.73. The smallest absolute Gasteiger partial charge is 0.136 e. The third-order valence-electron chi connectivity index (χ3n) is 3.34. The van der Waals surface area contributed by atoms with Crippen molar-refractivity contribution in [2.75, 3.05) is 31.1 Å². The van der Waals surface area contributed by atoms with Gasteiger partial charge < -0.3 is 10.0 Å². The van der Waals surface area contributed by atoms with Crippen LogP contribution in [0.1, 0.15) is 13.8 Å². The number of phenols is 1. The Morgan fingerprint density at radius 1 is 1.18 bits per heavy atom. The summed E-state index contributed by atoms with van der Waals surface area (Å²) in [5.41, 5.74) is 0.940. The fraction of sp³-hybridized carbons (Fsp3) is 0.538. The van der Waals surface area contributed by atoms with Crippen molar-refractivity contribution in [2.45, 2.75) is 19.9 Å². The second-order valence-corrected chi connectivity index (χ2v) is 5.10. The highest BCUT2D eigenvalue weighted by molar-refractivity contribution is 6.34. The zero-order chi connectivity index (χ0) is 12.4. The molecule has 0 radical (unpaired) electrons. The van der Waals surface area contributed by atoms with Crippen LogP contribution in [0.4, 0.5) is 5.69 Å². The molecule has 0 amide bonds. The van der Waals surface area contributed by atoms with Gasteiger partial charge in [-0.15, -0.1) is 0 Å². The van der Waals surface area contributed by atoms with Crippen molar-refractivity contribution in [2.24, 2.45) is 0 Å². The first-order valence-electron chi connectivity index (χ1n) is 6.06. The van der Waals surface area contributed by atoms with Crippen LogP contribution in [-0.2, 0) is 0 Å². The van der Waals surface area contributed by atoms with Crippen LogP contribution in [0.25, 0.3) is 0 Å². The SMILES string of the molecule is CC(C)N1CCN(c2cccc(O)c2Cl)CC1. The van der Waals surface area contributed by atoms with E-state index in [0.717, 1.165) is 31.9 Å². The summed E-state index contributed by atoms with van der Waals surface area (Å²) in [6.45, 7) is 8.45. The third-order valence-corrected chi connectivity index (χ3v) is 3.73. The summed E-state index contributed by atoms with van der Waals surface area (Å²) in [7, 11) is 0. The van der Waals surface area contributed by atoms with Gasteiger partial charge in [-0.1, -0.05) is 17.7 Å². The number of aromatic hydroxyl groups is 1. The van der Waals surface area contributed by atoms with E-state index in [-0.39, 0.29) is 5.75 Å². The monoisotopic (exact) mass is 254 g/mol. The predicted molar refractivity (Wildman–Crippen MR) is 72.0 cm³/mol. The molecule has 1 heterocycles. The molecule has 0 aliphatic carbocycles. The Kier molecular flexibility index (Phi) is 3.79. The largest absolute Gasteiger partial charge is 0.506 e. The lowest BCUT2D eigenvalue weighted by atomic mass is 10.2. The molecule has 4 heteroatoms. The molecule has 1 fully saturated rings. The topological polar surface area (TPSA) is 26.7 Å². The lowest BCUT2D eigenvalue weighted by Gasteiger charge is -2.38. The number of phenolic OH excluding ortho intramolecular Hbond substituents is 1. The van der Waals surface area contributed by atoms with Gasteiger partial charge in [-0.05, 0) is 26.0 Å². The number of nitrogens with zero attached hydrogens (tertiary/aromatic N) is 2. The first kappa shape index (κ1) is 12.5. The summed E-state index contributed by atoms with van der Waals surface area (Å²) in [6.07, 6.45) is 0. The standard InChI is InChI=1S/C13H19ClN2O/c1-10(2)15-6-8-16(9-7-15)11-4-3-5-12(17)13(11)14/h3-5,10,17H,6-9H2,1-2H3. The van der Waals surface area contributed by atoms with Gasteiger partial charge in [0.2, 0.25) is 0 Å². The lowest BCUT2D eigenvalue weighted by Crippen LogP contribution is -2.49. The molecule has 1 aromatic rings. The third kappa shape index (κ3) is 2.67. The summed E-state index contributed by atoms with van der Waals surface area (Å²) in [5, 5.41) is 10.1. The van der Waals surface area contributed by atoms with Crippen LogP contribution in [0, 0.1) is 0 Å². The van der Waals surface area contributed by atoms with Gasteiger partial charge in [-0.2, -0.15) is 0 Å². The van der Waals surface area contributed by atoms with Crippen molar-refractivity contribution in [1.29, 1.82) is 0 Å². The lowest BCUT2D eigenvalue weighted by molar-refractivity contribution is 0.209. The summed E-state index contributed by atoms with van der Waals surface area (Å²) in [4.78, 5) is 4.69. The van der Waals surface area contributed by atoms with Gasteiger partial charge in [0.05, 0.1) is 5.69 Å². The predicted octanol–water partition coefficient (Wildman–Crippen LogP) is 2.58. The molecule has 1 saturated heterocycles. The van der Waals surface area contributed by atoms with E-state index in [1.54, 1.807) is 6.07 Å². The molecule has 17 heavy (non-hydrogen) atoms. The van der Waals surface area contributed by atoms with Crippen LogP contribution in [0.3, 0.4) is 0 Å². The van der Waals surface area contributed by atoms with E-state index >= 15 is 0 Å². The van der Waals surface area contributed by atoms with Gasteiger partial charge in [0.15, 0.2) is 0 Å². The maximum Gasteiger partial charge on any atom is 0.136 e. The number of hydrogen-bond donors (Lipinski definition) is 1. The first-order valence-corrected chi connectivity index (χ1v) is 6.44. The van der Waals surface area contributed by atoms with E-state index in [9.17, 15) is 5.11 Å². The molecular formula is C13H19ClN2O. The van der Waals surface area contributed by atoms with Gasteiger partial charge in [0, 0.05) is 32.2 Å². The van der Waals surface area contributed by atoms with E-state index in [0.29, 0.717) is 11.1 Å². The molecular weight excluding hydrogens is 236 g/mol. The Hall–Kier alpha value is -0.930. The Balaban J connectivity index is 2.08. The fourth-order valence-corrected chi connectivity index (χ4v) is 2.48. The summed E-state index contributed by atoms with van der Waals surface area (Å²) in [6, 6.07) is 6.02. The molecule has 3 nitrogen and oxygen atoms in total. The van der Waals surface area contributed by atoms with Gasteiger partial charge in [-0.3, -0.25) is 4.90 Å². The van der Waals surface area contributed by atoms with E-state index in [2.05, 4.69) is 23.6 Å². The molecule has 1 aliphatic rings. The highest BCUT2D eigenvalue weighted by Gasteiger charge is 2.21.